The fourth-order valence-corrected chi connectivity index (χ4v) is 5.52. The Hall–Kier alpha value is -4.56. The van der Waals surface area contributed by atoms with E-state index in [0.717, 1.165) is 30.0 Å². The molecule has 0 heterocycles. The molecule has 2 unspecified atom stereocenters. The van der Waals surface area contributed by atoms with Gasteiger partial charge in [0.1, 0.15) is 0 Å². The zero-order chi connectivity index (χ0) is 35.2. The molecule has 0 saturated heterocycles. The molecule has 2 nitrogen and oxygen atoms in total. The number of benzene rings is 2. The fourth-order valence-electron chi connectivity index (χ4n) is 5.52. The van der Waals surface area contributed by atoms with Crippen LogP contribution < -0.4 is 20.7 Å². The van der Waals surface area contributed by atoms with Crippen molar-refractivity contribution in [1.82, 2.24) is 0 Å². The molecule has 0 bridgehead atoms. The summed E-state index contributed by atoms with van der Waals surface area (Å²) in [4.78, 5) is 2.35. The van der Waals surface area contributed by atoms with Crippen molar-refractivity contribution in [3.8, 4) is 0 Å². The second-order valence-electron chi connectivity index (χ2n) is 13.0. The average Bonchev–Trinajstić information content (AvgIpc) is 3.08. The van der Waals surface area contributed by atoms with E-state index >= 15 is 0 Å². The Kier molecular flexibility index (Phi) is 14.8. The summed E-state index contributed by atoms with van der Waals surface area (Å²) in [6, 6.07) is 26.3. The minimum atomic E-state index is 0.349. The topological polar surface area (TPSA) is 15.3 Å². The van der Waals surface area contributed by atoms with E-state index in [2.05, 4.69) is 195 Å². The van der Waals surface area contributed by atoms with Gasteiger partial charge in [0.05, 0.1) is 5.69 Å². The zero-order valence-electron chi connectivity index (χ0n) is 31.2. The van der Waals surface area contributed by atoms with Gasteiger partial charge in [-0.3, -0.25) is 0 Å². The molecule has 0 radical (unpaired) electrons. The van der Waals surface area contributed by atoms with Gasteiger partial charge in [-0.25, -0.2) is 0 Å². The van der Waals surface area contributed by atoms with Crippen LogP contribution in [0.3, 0.4) is 0 Å². The van der Waals surface area contributed by atoms with Crippen molar-refractivity contribution in [1.29, 1.82) is 0 Å². The molecule has 48 heavy (non-hydrogen) atoms. The molecule has 252 valence electrons. The van der Waals surface area contributed by atoms with Crippen LogP contribution in [0.2, 0.25) is 0 Å². The summed E-state index contributed by atoms with van der Waals surface area (Å²) in [5.74, 6) is 0.726. The normalized spacial score (nSPS) is 14.1. The van der Waals surface area contributed by atoms with Crippen LogP contribution in [0.25, 0.3) is 12.2 Å². The first-order valence-electron chi connectivity index (χ1n) is 17.4. The number of rotatable bonds is 12. The predicted molar refractivity (Wildman–Crippen MR) is 215 cm³/mol. The Balaban J connectivity index is 2.12. The summed E-state index contributed by atoms with van der Waals surface area (Å²) in [6.45, 7) is 26.7. The van der Waals surface area contributed by atoms with Crippen molar-refractivity contribution < 1.29 is 0 Å². The first-order chi connectivity index (χ1) is 23.0. The van der Waals surface area contributed by atoms with E-state index in [1.54, 1.807) is 0 Å². The minimum absolute atomic E-state index is 0.349. The van der Waals surface area contributed by atoms with Crippen molar-refractivity contribution in [2.45, 2.75) is 75.7 Å². The molecule has 0 spiro atoms. The first kappa shape index (κ1) is 37.9. The molecular formula is C46H58N2. The van der Waals surface area contributed by atoms with Crippen LogP contribution in [0.4, 0.5) is 17.1 Å². The largest absolute Gasteiger partial charge is 0.382 e. The highest BCUT2D eigenvalue weighted by atomic mass is 15.1. The number of nitrogens with zero attached hydrogens (tertiary/aromatic N) is 1. The molecule has 0 saturated carbocycles. The maximum Gasteiger partial charge on any atom is 0.0530 e. The molecule has 0 aliphatic carbocycles. The van der Waals surface area contributed by atoms with E-state index in [4.69, 9.17) is 0 Å². The summed E-state index contributed by atoms with van der Waals surface area (Å²) < 4.78 is 0. The molecule has 3 aromatic rings. The van der Waals surface area contributed by atoms with Crippen molar-refractivity contribution in [3.63, 3.8) is 0 Å². The Labute approximate surface area is 292 Å². The molecule has 2 atom stereocenters. The third-order valence-corrected chi connectivity index (χ3v) is 9.61. The van der Waals surface area contributed by atoms with Crippen LogP contribution in [-0.4, -0.2) is 6.54 Å². The van der Waals surface area contributed by atoms with Gasteiger partial charge >= 0.3 is 0 Å². The second-order valence-corrected chi connectivity index (χ2v) is 13.0. The minimum Gasteiger partial charge on any atom is -0.382 e. The Morgan fingerprint density at radius 1 is 0.729 bits per heavy atom. The highest BCUT2D eigenvalue weighted by molar-refractivity contribution is 5.68. The molecule has 0 aliphatic rings. The van der Waals surface area contributed by atoms with Gasteiger partial charge in [-0.1, -0.05) is 104 Å². The average molecular weight is 639 g/mol. The monoisotopic (exact) mass is 638 g/mol. The second kappa shape index (κ2) is 18.7. The van der Waals surface area contributed by atoms with Gasteiger partial charge in [0.2, 0.25) is 0 Å². The number of hydrogen-bond donors (Lipinski definition) is 1. The van der Waals surface area contributed by atoms with Gasteiger partial charge in [-0.05, 0) is 137 Å². The molecule has 3 rings (SSSR count). The number of allylic oxidation sites excluding steroid dienone is 5. The quantitative estimate of drug-likeness (QED) is 0.157. The lowest BCUT2D eigenvalue weighted by atomic mass is 9.96. The highest BCUT2D eigenvalue weighted by Crippen LogP contribution is 2.26. The van der Waals surface area contributed by atoms with Gasteiger partial charge in [-0.15, -0.1) is 6.58 Å². The fraction of sp³-hybridized carbons (Fsp3) is 0.304. The standard InChI is InChI=1S/C46H58N2/c1-12-33(4)38(9)28-30-48(43-26-23-36(7)40(11)32-43)46-20-18-16-15-17-19-41(44(13-2)45(46)14-3)24-21-34(5)37(8)27-29-47-42-25-22-35(6)39(10)31-42/h12-23,25-28,30-33,38,47H,1,24,29H2,2-11H3/b17-15?,18-16?,30-28+,34-21-,37-27-,41-19?,44-13-,45-14+,46-20?. The molecule has 0 aliphatic heterocycles. The predicted octanol–water partition coefficient (Wildman–Crippen LogP) is 11.3. The first-order valence-corrected chi connectivity index (χ1v) is 17.4. The Morgan fingerprint density at radius 2 is 1.35 bits per heavy atom. The number of anilines is 3. The maximum absolute atomic E-state index is 4.04. The third kappa shape index (κ3) is 10.5. The van der Waals surface area contributed by atoms with Crippen molar-refractivity contribution in [2.24, 2.45) is 11.8 Å². The van der Waals surface area contributed by atoms with Gasteiger partial charge in [0.25, 0.3) is 0 Å². The summed E-state index contributed by atoms with van der Waals surface area (Å²) >= 11 is 0. The summed E-state index contributed by atoms with van der Waals surface area (Å²) in [5, 5.41) is 5.99. The van der Waals surface area contributed by atoms with Crippen LogP contribution in [0.15, 0.2) is 121 Å². The molecular weight excluding hydrogens is 581 g/mol. The van der Waals surface area contributed by atoms with Crippen LogP contribution in [-0.2, 0) is 6.42 Å². The van der Waals surface area contributed by atoms with Gasteiger partial charge in [0.15, 0.2) is 0 Å². The molecule has 0 fully saturated rings. The van der Waals surface area contributed by atoms with E-state index in [1.165, 1.54) is 49.4 Å². The van der Waals surface area contributed by atoms with Crippen LogP contribution in [0.1, 0.15) is 69.4 Å². The molecule has 0 amide bonds. The summed E-state index contributed by atoms with van der Waals surface area (Å²) in [7, 11) is 0. The van der Waals surface area contributed by atoms with E-state index in [-0.39, 0.29) is 0 Å². The number of aryl methyl sites for hydroxylation is 4. The maximum atomic E-state index is 4.04. The van der Waals surface area contributed by atoms with Crippen molar-refractivity contribution in [3.05, 3.63) is 159 Å². The number of nitrogens with one attached hydrogen (secondary N) is 1. The molecule has 1 N–H and O–H groups in total. The third-order valence-electron chi connectivity index (χ3n) is 9.61. The van der Waals surface area contributed by atoms with Crippen molar-refractivity contribution in [2.75, 3.05) is 16.8 Å². The Morgan fingerprint density at radius 3 is 1.98 bits per heavy atom. The van der Waals surface area contributed by atoms with Gasteiger partial charge in [-0.2, -0.15) is 0 Å². The summed E-state index contributed by atoms with van der Waals surface area (Å²) in [5.41, 5.74) is 12.5. The van der Waals surface area contributed by atoms with Crippen LogP contribution >= 0.6 is 0 Å². The molecule has 2 heteroatoms. The van der Waals surface area contributed by atoms with E-state index < -0.39 is 0 Å². The van der Waals surface area contributed by atoms with Crippen LogP contribution in [0, 0.1) is 39.5 Å². The van der Waals surface area contributed by atoms with Gasteiger partial charge < -0.3 is 10.2 Å². The zero-order valence-corrected chi connectivity index (χ0v) is 31.2. The Bertz CT molecular complexity index is 1830. The van der Waals surface area contributed by atoms with E-state index in [0.29, 0.717) is 11.8 Å². The van der Waals surface area contributed by atoms with E-state index in [9.17, 15) is 0 Å². The molecule has 3 aromatic carbocycles. The van der Waals surface area contributed by atoms with Crippen molar-refractivity contribution >= 4 is 29.2 Å². The summed E-state index contributed by atoms with van der Waals surface area (Å²) in [6.07, 6.45) is 16.6. The van der Waals surface area contributed by atoms with Crippen LogP contribution in [0.5, 0.6) is 0 Å². The molecule has 0 aromatic heterocycles. The van der Waals surface area contributed by atoms with Gasteiger partial charge in [0, 0.05) is 29.3 Å². The lowest BCUT2D eigenvalue weighted by Crippen LogP contribution is -2.31. The highest BCUT2D eigenvalue weighted by Gasteiger charge is 2.12. The SMILES string of the molecule is C=CC(C)C(C)/C=C/N(c1ccc(C)c(C)c1)c1ccccccc(C/C=C(C)\C(C)=C/CNc2ccc(C)c(C)c2)c(=C/C)/c1=C\C. The number of hydrogen-bond acceptors (Lipinski definition) is 2. The lowest BCUT2D eigenvalue weighted by Gasteiger charge is -2.24. The van der Waals surface area contributed by atoms with E-state index in [1.807, 2.05) is 6.08 Å². The lowest BCUT2D eigenvalue weighted by molar-refractivity contribution is 0.558. The smallest absolute Gasteiger partial charge is 0.0530 e.